The van der Waals surface area contributed by atoms with Crippen LogP contribution < -0.4 is 4.74 Å². The molecular formula is C21H19NO2. The number of fused-ring (bicyclic) bond motifs is 1. The van der Waals surface area contributed by atoms with Crippen molar-refractivity contribution in [3.63, 3.8) is 0 Å². The number of benzene rings is 2. The third kappa shape index (κ3) is 2.42. The standard InChI is InChI=1S/C21H19NO2/c1-24-17-12-10-15(11-13-17)20-14-18-19(8-5-9-21(18)23)22(20)16-6-3-2-4-7-16/h2-4,6-7,10-14H,5,8-9H2,1H3. The Balaban J connectivity index is 1.94. The molecule has 0 N–H and O–H groups in total. The smallest absolute Gasteiger partial charge is 0.164 e. The molecule has 3 aromatic rings. The van der Waals surface area contributed by atoms with Crippen LogP contribution in [0.1, 0.15) is 28.9 Å². The molecular weight excluding hydrogens is 298 g/mol. The molecule has 0 aliphatic heterocycles. The average Bonchev–Trinajstić information content (AvgIpc) is 3.03. The maximum atomic E-state index is 12.4. The number of Topliss-reactive ketones (excluding diaryl/α,β-unsaturated/α-hetero) is 1. The van der Waals surface area contributed by atoms with Crippen molar-refractivity contribution in [2.45, 2.75) is 19.3 Å². The van der Waals surface area contributed by atoms with E-state index in [2.05, 4.69) is 16.7 Å². The summed E-state index contributed by atoms with van der Waals surface area (Å²) in [6, 6.07) is 20.3. The van der Waals surface area contributed by atoms with Crippen LogP contribution >= 0.6 is 0 Å². The number of hydrogen-bond donors (Lipinski definition) is 0. The summed E-state index contributed by atoms with van der Waals surface area (Å²) >= 11 is 0. The van der Waals surface area contributed by atoms with Gasteiger partial charge in [0, 0.05) is 23.4 Å². The van der Waals surface area contributed by atoms with E-state index < -0.39 is 0 Å². The summed E-state index contributed by atoms with van der Waals surface area (Å²) in [7, 11) is 1.67. The molecule has 3 nitrogen and oxygen atoms in total. The second-order valence-electron chi connectivity index (χ2n) is 6.07. The largest absolute Gasteiger partial charge is 0.497 e. The third-order valence-corrected chi connectivity index (χ3v) is 4.62. The van der Waals surface area contributed by atoms with Crippen molar-refractivity contribution in [2.75, 3.05) is 7.11 Å². The van der Waals surface area contributed by atoms with Gasteiger partial charge in [-0.25, -0.2) is 0 Å². The van der Waals surface area contributed by atoms with Gasteiger partial charge in [-0.1, -0.05) is 18.2 Å². The van der Waals surface area contributed by atoms with Gasteiger partial charge in [0.15, 0.2) is 5.78 Å². The van der Waals surface area contributed by atoms with Crippen molar-refractivity contribution < 1.29 is 9.53 Å². The first kappa shape index (κ1) is 14.8. The number of ether oxygens (including phenoxy) is 1. The Hall–Kier alpha value is -2.81. The summed E-state index contributed by atoms with van der Waals surface area (Å²) in [6.45, 7) is 0. The quantitative estimate of drug-likeness (QED) is 0.703. The molecule has 1 aliphatic carbocycles. The molecule has 0 radical (unpaired) electrons. The van der Waals surface area contributed by atoms with Crippen LogP contribution in [0.25, 0.3) is 16.9 Å². The highest BCUT2D eigenvalue weighted by Crippen LogP contribution is 2.34. The lowest BCUT2D eigenvalue weighted by atomic mass is 9.96. The lowest BCUT2D eigenvalue weighted by Crippen LogP contribution is -2.12. The summed E-state index contributed by atoms with van der Waals surface area (Å²) in [5, 5.41) is 0. The van der Waals surface area contributed by atoms with Crippen LogP contribution in [0.4, 0.5) is 0 Å². The lowest BCUT2D eigenvalue weighted by molar-refractivity contribution is 0.0972. The second kappa shape index (κ2) is 6.00. The fourth-order valence-electron chi connectivity index (χ4n) is 3.44. The van der Waals surface area contributed by atoms with Gasteiger partial charge >= 0.3 is 0 Å². The van der Waals surface area contributed by atoms with Gasteiger partial charge < -0.3 is 9.30 Å². The van der Waals surface area contributed by atoms with Crippen LogP contribution in [0.5, 0.6) is 5.75 Å². The van der Waals surface area contributed by atoms with E-state index in [9.17, 15) is 4.79 Å². The molecule has 2 aromatic carbocycles. The van der Waals surface area contributed by atoms with Crippen LogP contribution in [0.15, 0.2) is 60.7 Å². The van der Waals surface area contributed by atoms with E-state index in [0.29, 0.717) is 6.42 Å². The number of ketones is 1. The molecule has 4 rings (SSSR count). The van der Waals surface area contributed by atoms with Crippen molar-refractivity contribution in [2.24, 2.45) is 0 Å². The molecule has 0 spiro atoms. The molecule has 24 heavy (non-hydrogen) atoms. The van der Waals surface area contributed by atoms with E-state index in [1.165, 1.54) is 0 Å². The maximum absolute atomic E-state index is 12.4. The minimum atomic E-state index is 0.251. The number of nitrogens with zero attached hydrogens (tertiary/aromatic N) is 1. The van der Waals surface area contributed by atoms with E-state index in [1.54, 1.807) is 7.11 Å². The normalized spacial score (nSPS) is 13.6. The van der Waals surface area contributed by atoms with Crippen LogP contribution in [0, 0.1) is 0 Å². The zero-order valence-corrected chi connectivity index (χ0v) is 13.7. The molecule has 0 bridgehead atoms. The Bertz CT molecular complexity index is 876. The number of methoxy groups -OCH3 is 1. The number of carbonyl (C=O) groups excluding carboxylic acids is 1. The monoisotopic (exact) mass is 317 g/mol. The molecule has 1 aliphatic rings. The molecule has 0 fully saturated rings. The fourth-order valence-corrected chi connectivity index (χ4v) is 3.44. The zero-order valence-electron chi connectivity index (χ0n) is 13.7. The molecule has 120 valence electrons. The minimum Gasteiger partial charge on any atom is -0.497 e. The SMILES string of the molecule is COc1ccc(-c2cc3c(n2-c2ccccc2)CCCC3=O)cc1. The van der Waals surface area contributed by atoms with E-state index in [4.69, 9.17) is 4.74 Å². The summed E-state index contributed by atoms with van der Waals surface area (Å²) in [4.78, 5) is 12.4. The molecule has 1 aromatic heterocycles. The first-order valence-corrected chi connectivity index (χ1v) is 8.25. The van der Waals surface area contributed by atoms with Gasteiger partial charge in [-0.15, -0.1) is 0 Å². The summed E-state index contributed by atoms with van der Waals surface area (Å²) in [5.41, 5.74) is 5.24. The van der Waals surface area contributed by atoms with Crippen LogP contribution in [-0.4, -0.2) is 17.5 Å². The van der Waals surface area contributed by atoms with Crippen molar-refractivity contribution in [1.82, 2.24) is 4.57 Å². The Morgan fingerprint density at radius 2 is 1.71 bits per heavy atom. The van der Waals surface area contributed by atoms with Crippen LogP contribution in [0.2, 0.25) is 0 Å². The van der Waals surface area contributed by atoms with Crippen molar-refractivity contribution in [3.05, 3.63) is 71.9 Å². The molecule has 0 saturated heterocycles. The van der Waals surface area contributed by atoms with Gasteiger partial charge in [-0.2, -0.15) is 0 Å². The molecule has 1 heterocycles. The van der Waals surface area contributed by atoms with E-state index in [1.807, 2.05) is 48.5 Å². The minimum absolute atomic E-state index is 0.251. The number of aromatic nitrogens is 1. The van der Waals surface area contributed by atoms with Gasteiger partial charge in [-0.3, -0.25) is 4.79 Å². The Morgan fingerprint density at radius 1 is 0.958 bits per heavy atom. The number of carbonyl (C=O) groups is 1. The lowest BCUT2D eigenvalue weighted by Gasteiger charge is -2.17. The number of rotatable bonds is 3. The van der Waals surface area contributed by atoms with Gasteiger partial charge in [0.25, 0.3) is 0 Å². The Labute approximate surface area is 141 Å². The summed E-state index contributed by atoms with van der Waals surface area (Å²) in [6.07, 6.45) is 2.50. The van der Waals surface area contributed by atoms with Crippen molar-refractivity contribution >= 4 is 5.78 Å². The predicted octanol–water partition coefficient (Wildman–Crippen LogP) is 4.67. The molecule has 0 saturated carbocycles. The molecule has 0 unspecified atom stereocenters. The van der Waals surface area contributed by atoms with E-state index in [0.717, 1.165) is 46.8 Å². The zero-order chi connectivity index (χ0) is 16.5. The van der Waals surface area contributed by atoms with Gasteiger partial charge in [0.2, 0.25) is 0 Å². The molecule has 3 heteroatoms. The molecule has 0 atom stereocenters. The fraction of sp³-hybridized carbons (Fsp3) is 0.190. The Morgan fingerprint density at radius 3 is 2.42 bits per heavy atom. The summed E-state index contributed by atoms with van der Waals surface area (Å²) < 4.78 is 7.49. The molecule has 0 amide bonds. The predicted molar refractivity (Wildman–Crippen MR) is 95.0 cm³/mol. The van der Waals surface area contributed by atoms with Crippen molar-refractivity contribution in [3.8, 4) is 22.7 Å². The Kier molecular flexibility index (Phi) is 3.69. The van der Waals surface area contributed by atoms with E-state index >= 15 is 0 Å². The van der Waals surface area contributed by atoms with Gasteiger partial charge in [-0.05, 0) is 60.9 Å². The first-order chi connectivity index (χ1) is 11.8. The number of para-hydroxylation sites is 1. The van der Waals surface area contributed by atoms with Gasteiger partial charge in [0.1, 0.15) is 5.75 Å². The third-order valence-electron chi connectivity index (χ3n) is 4.62. The second-order valence-corrected chi connectivity index (χ2v) is 6.07. The highest BCUT2D eigenvalue weighted by atomic mass is 16.5. The van der Waals surface area contributed by atoms with E-state index in [-0.39, 0.29) is 5.78 Å². The average molecular weight is 317 g/mol. The summed E-state index contributed by atoms with van der Waals surface area (Å²) in [5.74, 6) is 1.08. The highest BCUT2D eigenvalue weighted by molar-refractivity contribution is 6.00. The topological polar surface area (TPSA) is 31.2 Å². The number of hydrogen-bond acceptors (Lipinski definition) is 2. The first-order valence-electron chi connectivity index (χ1n) is 8.25. The van der Waals surface area contributed by atoms with Crippen LogP contribution in [0.3, 0.4) is 0 Å². The maximum Gasteiger partial charge on any atom is 0.164 e. The van der Waals surface area contributed by atoms with Gasteiger partial charge in [0.05, 0.1) is 12.8 Å². The van der Waals surface area contributed by atoms with Crippen molar-refractivity contribution in [1.29, 1.82) is 0 Å². The van der Waals surface area contributed by atoms with Crippen LogP contribution in [-0.2, 0) is 6.42 Å². The highest BCUT2D eigenvalue weighted by Gasteiger charge is 2.25.